The fourth-order valence-electron chi connectivity index (χ4n) is 4.88. The zero-order chi connectivity index (χ0) is 24.6. The number of nitrogens with one attached hydrogen (secondary N) is 2. The van der Waals surface area contributed by atoms with E-state index in [0.29, 0.717) is 48.0 Å². The van der Waals surface area contributed by atoms with E-state index in [-0.39, 0.29) is 41.3 Å². The minimum atomic E-state index is -3.89. The van der Waals surface area contributed by atoms with Gasteiger partial charge < -0.3 is 15.2 Å². The molecule has 34 heavy (non-hydrogen) atoms. The second-order valence-electron chi connectivity index (χ2n) is 9.16. The van der Waals surface area contributed by atoms with Crippen LogP contribution < -0.4 is 5.32 Å². The van der Waals surface area contributed by atoms with Crippen LogP contribution in [0.15, 0.2) is 23.1 Å². The molecule has 184 valence electrons. The van der Waals surface area contributed by atoms with Crippen molar-refractivity contribution in [3.63, 3.8) is 0 Å². The zero-order valence-electron chi connectivity index (χ0n) is 19.8. The van der Waals surface area contributed by atoms with Gasteiger partial charge >= 0.3 is 0 Å². The van der Waals surface area contributed by atoms with Gasteiger partial charge in [0.25, 0.3) is 5.91 Å². The highest BCUT2D eigenvalue weighted by atomic mass is 35.5. The van der Waals surface area contributed by atoms with Crippen molar-refractivity contribution in [2.24, 2.45) is 5.92 Å². The second kappa shape index (κ2) is 9.71. The number of sulfonamides is 1. The Morgan fingerprint density at radius 2 is 1.68 bits per heavy atom. The van der Waals surface area contributed by atoms with Gasteiger partial charge in [0.05, 0.1) is 5.56 Å². The normalized spacial score (nSPS) is 17.8. The van der Waals surface area contributed by atoms with Crippen LogP contribution in [0.4, 0.5) is 5.69 Å². The maximum atomic E-state index is 13.6. The van der Waals surface area contributed by atoms with E-state index in [1.54, 1.807) is 36.9 Å². The number of likely N-dealkylation sites (tertiary alicyclic amines) is 1. The number of hydrogen-bond acceptors (Lipinski definition) is 4. The lowest BCUT2D eigenvalue weighted by Crippen LogP contribution is -2.42. The monoisotopic (exact) mass is 506 g/mol. The van der Waals surface area contributed by atoms with E-state index < -0.39 is 10.0 Å². The van der Waals surface area contributed by atoms with Crippen molar-refractivity contribution in [2.75, 3.05) is 31.5 Å². The minimum absolute atomic E-state index is 0.0688. The molecule has 1 aromatic heterocycles. The van der Waals surface area contributed by atoms with Crippen LogP contribution in [0.5, 0.6) is 0 Å². The Labute approximate surface area is 205 Å². The van der Waals surface area contributed by atoms with Crippen LogP contribution in [-0.4, -0.2) is 60.6 Å². The molecular weight excluding hydrogens is 476 g/mol. The number of aromatic amines is 1. The predicted octanol–water partition coefficient (Wildman–Crippen LogP) is 3.87. The number of carbonyl (C=O) groups is 2. The highest BCUT2D eigenvalue weighted by molar-refractivity contribution is 7.89. The Hall–Kier alpha value is -2.36. The van der Waals surface area contributed by atoms with E-state index in [1.165, 1.54) is 4.31 Å². The number of aromatic nitrogens is 1. The molecule has 0 spiro atoms. The van der Waals surface area contributed by atoms with Gasteiger partial charge in [0.1, 0.15) is 4.90 Å². The van der Waals surface area contributed by atoms with Crippen LogP contribution in [0.3, 0.4) is 0 Å². The van der Waals surface area contributed by atoms with E-state index in [9.17, 15) is 18.0 Å². The van der Waals surface area contributed by atoms with Crippen LogP contribution in [0.25, 0.3) is 0 Å². The summed E-state index contributed by atoms with van der Waals surface area (Å²) in [6, 6.07) is 5.35. The van der Waals surface area contributed by atoms with Gasteiger partial charge in [-0.1, -0.05) is 17.7 Å². The molecule has 0 bridgehead atoms. The van der Waals surface area contributed by atoms with Crippen molar-refractivity contribution in [3.05, 3.63) is 45.7 Å². The Morgan fingerprint density at radius 1 is 1.03 bits per heavy atom. The quantitative estimate of drug-likeness (QED) is 0.642. The first-order valence-corrected chi connectivity index (χ1v) is 13.5. The number of piperidine rings is 1. The third-order valence-corrected chi connectivity index (χ3v) is 9.35. The van der Waals surface area contributed by atoms with Gasteiger partial charge in [0.15, 0.2) is 0 Å². The summed E-state index contributed by atoms with van der Waals surface area (Å²) in [5, 5.41) is 3.51. The number of hydrogen-bond donors (Lipinski definition) is 2. The van der Waals surface area contributed by atoms with Gasteiger partial charge in [0, 0.05) is 54.2 Å². The van der Waals surface area contributed by atoms with Gasteiger partial charge in [-0.15, -0.1) is 0 Å². The number of H-pyrrole nitrogens is 1. The average molecular weight is 507 g/mol. The highest BCUT2D eigenvalue weighted by Gasteiger charge is 2.38. The number of rotatable bonds is 5. The molecule has 4 rings (SSSR count). The predicted molar refractivity (Wildman–Crippen MR) is 132 cm³/mol. The van der Waals surface area contributed by atoms with Gasteiger partial charge in [-0.2, -0.15) is 4.31 Å². The SMILES string of the molecule is Cc1[nH]c(C)c(S(=O)(=O)N2CCC(C(=O)Nc3cccc(Cl)c3C)CC2)c1C(=O)N1CCCC1. The number of nitrogens with zero attached hydrogens (tertiary/aromatic N) is 2. The lowest BCUT2D eigenvalue weighted by molar-refractivity contribution is -0.120. The summed E-state index contributed by atoms with van der Waals surface area (Å²) in [5.41, 5.74) is 2.74. The Kier molecular flexibility index (Phi) is 7.07. The Morgan fingerprint density at radius 3 is 2.32 bits per heavy atom. The van der Waals surface area contributed by atoms with Gasteiger partial charge in [-0.3, -0.25) is 9.59 Å². The largest absolute Gasteiger partial charge is 0.361 e. The molecule has 0 aliphatic carbocycles. The topological polar surface area (TPSA) is 103 Å². The molecule has 0 saturated carbocycles. The fourth-order valence-corrected chi connectivity index (χ4v) is 6.94. The summed E-state index contributed by atoms with van der Waals surface area (Å²) in [5.74, 6) is -0.672. The van der Waals surface area contributed by atoms with E-state index in [1.807, 2.05) is 6.92 Å². The van der Waals surface area contributed by atoms with Crippen molar-refractivity contribution in [1.82, 2.24) is 14.2 Å². The molecule has 2 saturated heterocycles. The number of benzene rings is 1. The fraction of sp³-hybridized carbons (Fsp3) is 0.500. The first kappa shape index (κ1) is 24.8. The molecule has 2 aliphatic heterocycles. The van der Waals surface area contributed by atoms with Crippen LogP contribution in [0.1, 0.15) is 53.0 Å². The molecule has 1 aromatic carbocycles. The number of anilines is 1. The van der Waals surface area contributed by atoms with Gasteiger partial charge in [-0.25, -0.2) is 8.42 Å². The summed E-state index contributed by atoms with van der Waals surface area (Å²) >= 11 is 6.15. The number of amides is 2. The average Bonchev–Trinajstić information content (AvgIpc) is 3.44. The maximum absolute atomic E-state index is 13.6. The summed E-state index contributed by atoms with van der Waals surface area (Å²) in [6.07, 6.45) is 2.67. The van der Waals surface area contributed by atoms with Crippen molar-refractivity contribution in [3.8, 4) is 0 Å². The van der Waals surface area contributed by atoms with Gasteiger partial charge in [-0.05, 0) is 64.2 Å². The highest BCUT2D eigenvalue weighted by Crippen LogP contribution is 2.32. The molecule has 2 aromatic rings. The van der Waals surface area contributed by atoms with Crippen LogP contribution >= 0.6 is 11.6 Å². The molecule has 8 nitrogen and oxygen atoms in total. The number of halogens is 1. The lowest BCUT2D eigenvalue weighted by atomic mass is 9.97. The molecule has 2 aliphatic rings. The second-order valence-corrected chi connectivity index (χ2v) is 11.4. The molecule has 3 heterocycles. The number of carbonyl (C=O) groups excluding carboxylic acids is 2. The summed E-state index contributed by atoms with van der Waals surface area (Å²) < 4.78 is 28.7. The van der Waals surface area contributed by atoms with Gasteiger partial charge in [0.2, 0.25) is 15.9 Å². The molecule has 10 heteroatoms. The minimum Gasteiger partial charge on any atom is -0.361 e. The third kappa shape index (κ3) is 4.61. The van der Waals surface area contributed by atoms with E-state index >= 15 is 0 Å². The van der Waals surface area contributed by atoms with E-state index in [2.05, 4.69) is 10.3 Å². The van der Waals surface area contributed by atoms with E-state index in [0.717, 1.165) is 18.4 Å². The Bertz CT molecular complexity index is 1210. The summed E-state index contributed by atoms with van der Waals surface area (Å²) in [7, 11) is -3.89. The van der Waals surface area contributed by atoms with Crippen molar-refractivity contribution >= 4 is 39.1 Å². The molecule has 2 N–H and O–H groups in total. The molecule has 2 fully saturated rings. The molecule has 0 unspecified atom stereocenters. The maximum Gasteiger partial charge on any atom is 0.257 e. The van der Waals surface area contributed by atoms with Crippen molar-refractivity contribution in [1.29, 1.82) is 0 Å². The van der Waals surface area contributed by atoms with Crippen LogP contribution in [-0.2, 0) is 14.8 Å². The summed E-state index contributed by atoms with van der Waals surface area (Å²) in [6.45, 7) is 7.00. The third-order valence-electron chi connectivity index (χ3n) is 6.87. The van der Waals surface area contributed by atoms with Crippen LogP contribution in [0.2, 0.25) is 5.02 Å². The van der Waals surface area contributed by atoms with E-state index in [4.69, 9.17) is 11.6 Å². The lowest BCUT2D eigenvalue weighted by Gasteiger charge is -2.31. The molecule has 0 atom stereocenters. The molecule has 2 amide bonds. The smallest absolute Gasteiger partial charge is 0.257 e. The van der Waals surface area contributed by atoms with Crippen molar-refractivity contribution < 1.29 is 18.0 Å². The first-order valence-electron chi connectivity index (χ1n) is 11.7. The first-order chi connectivity index (χ1) is 16.1. The molecule has 0 radical (unpaired) electrons. The van der Waals surface area contributed by atoms with Crippen molar-refractivity contribution in [2.45, 2.75) is 51.3 Å². The van der Waals surface area contributed by atoms with Crippen LogP contribution in [0, 0.1) is 26.7 Å². The Balaban J connectivity index is 1.49. The zero-order valence-corrected chi connectivity index (χ0v) is 21.4. The standard InChI is InChI=1S/C24H31ClN4O4S/c1-15-19(25)7-6-8-20(15)27-23(30)18-9-13-29(14-10-18)34(32,33)22-17(3)26-16(2)21(22)24(31)28-11-4-5-12-28/h6-8,18,26H,4-5,9-14H2,1-3H3,(H,27,30). The summed E-state index contributed by atoms with van der Waals surface area (Å²) in [4.78, 5) is 30.8. The molecular formula is C24H31ClN4O4S. The number of aryl methyl sites for hydroxylation is 2.